The summed E-state index contributed by atoms with van der Waals surface area (Å²) < 4.78 is 5.67. The highest BCUT2D eigenvalue weighted by atomic mass is 16.5. The van der Waals surface area contributed by atoms with Gasteiger partial charge in [-0.1, -0.05) is 19.8 Å². The molecule has 1 rings (SSSR count). The number of hydrogen-bond acceptors (Lipinski definition) is 3. The average molecular weight is 228 g/mol. The molecule has 0 saturated carbocycles. The molecule has 1 N–H and O–H groups in total. The fourth-order valence-corrected chi connectivity index (χ4v) is 2.22. The molecule has 0 spiro atoms. The number of unbranched alkanes of at least 4 members (excludes halogenated alkanes) is 3. The van der Waals surface area contributed by atoms with E-state index in [2.05, 4.69) is 17.1 Å². The third-order valence-corrected chi connectivity index (χ3v) is 3.33. The molecule has 1 fully saturated rings. The Morgan fingerprint density at radius 3 is 2.81 bits per heavy atom. The highest BCUT2D eigenvalue weighted by Gasteiger charge is 2.17. The van der Waals surface area contributed by atoms with Gasteiger partial charge in [0.25, 0.3) is 0 Å². The molecular weight excluding hydrogens is 200 g/mol. The molecule has 0 aliphatic carbocycles. The zero-order valence-electron chi connectivity index (χ0n) is 11.0. The number of morpholine rings is 1. The van der Waals surface area contributed by atoms with Gasteiger partial charge >= 0.3 is 0 Å². The summed E-state index contributed by atoms with van der Waals surface area (Å²) in [5.41, 5.74) is 0. The Hall–Kier alpha value is -0.120. The molecule has 96 valence electrons. The lowest BCUT2D eigenvalue weighted by molar-refractivity contribution is -0.0299. The summed E-state index contributed by atoms with van der Waals surface area (Å²) in [6.07, 6.45) is 7.03. The molecule has 1 atom stereocenters. The first-order chi connectivity index (χ1) is 7.86. The summed E-state index contributed by atoms with van der Waals surface area (Å²) >= 11 is 0. The van der Waals surface area contributed by atoms with Gasteiger partial charge in [0, 0.05) is 13.1 Å². The summed E-state index contributed by atoms with van der Waals surface area (Å²) in [4.78, 5) is 2.57. The highest BCUT2D eigenvalue weighted by molar-refractivity contribution is 4.70. The van der Waals surface area contributed by atoms with E-state index in [1.54, 1.807) is 0 Å². The standard InChI is InChI=1S/C13H28N2O/c1-3-13-12-15(10-11-16-13)9-7-5-4-6-8-14-2/h13-14H,3-12H2,1-2H3. The first kappa shape index (κ1) is 13.9. The Bertz CT molecular complexity index is 164. The van der Waals surface area contributed by atoms with E-state index in [-0.39, 0.29) is 0 Å². The van der Waals surface area contributed by atoms with Gasteiger partial charge in [0.2, 0.25) is 0 Å². The van der Waals surface area contributed by atoms with Crippen molar-refractivity contribution >= 4 is 0 Å². The fraction of sp³-hybridized carbons (Fsp3) is 1.00. The Kier molecular flexibility index (Phi) is 7.81. The van der Waals surface area contributed by atoms with E-state index in [1.807, 2.05) is 7.05 Å². The highest BCUT2D eigenvalue weighted by Crippen LogP contribution is 2.09. The van der Waals surface area contributed by atoms with Crippen LogP contribution >= 0.6 is 0 Å². The topological polar surface area (TPSA) is 24.5 Å². The summed E-state index contributed by atoms with van der Waals surface area (Å²) in [5, 5.41) is 3.19. The van der Waals surface area contributed by atoms with E-state index in [9.17, 15) is 0 Å². The van der Waals surface area contributed by atoms with Crippen molar-refractivity contribution < 1.29 is 4.74 Å². The van der Waals surface area contributed by atoms with Gasteiger partial charge in [-0.05, 0) is 39.4 Å². The van der Waals surface area contributed by atoms with E-state index in [1.165, 1.54) is 32.2 Å². The molecule has 1 aliphatic heterocycles. The van der Waals surface area contributed by atoms with Crippen molar-refractivity contribution in [1.82, 2.24) is 10.2 Å². The Labute approximate surface area is 101 Å². The van der Waals surface area contributed by atoms with Gasteiger partial charge in [0.1, 0.15) is 0 Å². The largest absolute Gasteiger partial charge is 0.376 e. The Morgan fingerprint density at radius 2 is 2.06 bits per heavy atom. The third-order valence-electron chi connectivity index (χ3n) is 3.33. The van der Waals surface area contributed by atoms with Crippen LogP contribution in [0.15, 0.2) is 0 Å². The van der Waals surface area contributed by atoms with Crippen molar-refractivity contribution in [3.05, 3.63) is 0 Å². The molecule has 1 saturated heterocycles. The van der Waals surface area contributed by atoms with Crippen molar-refractivity contribution in [2.75, 3.05) is 39.8 Å². The van der Waals surface area contributed by atoms with Crippen LogP contribution in [0.1, 0.15) is 39.0 Å². The molecule has 0 aromatic heterocycles. The molecular formula is C13H28N2O. The molecule has 0 aromatic rings. The van der Waals surface area contributed by atoms with Crippen molar-refractivity contribution in [1.29, 1.82) is 0 Å². The number of nitrogens with zero attached hydrogens (tertiary/aromatic N) is 1. The van der Waals surface area contributed by atoms with Gasteiger partial charge in [-0.15, -0.1) is 0 Å². The smallest absolute Gasteiger partial charge is 0.0700 e. The van der Waals surface area contributed by atoms with Crippen molar-refractivity contribution in [3.63, 3.8) is 0 Å². The second-order valence-electron chi connectivity index (χ2n) is 4.72. The van der Waals surface area contributed by atoms with Gasteiger partial charge in [0.05, 0.1) is 12.7 Å². The average Bonchev–Trinajstić information content (AvgIpc) is 2.34. The summed E-state index contributed by atoms with van der Waals surface area (Å²) in [7, 11) is 2.03. The lowest BCUT2D eigenvalue weighted by atomic mass is 10.1. The van der Waals surface area contributed by atoms with E-state index in [0.717, 1.165) is 32.7 Å². The maximum absolute atomic E-state index is 5.67. The van der Waals surface area contributed by atoms with Gasteiger partial charge in [-0.3, -0.25) is 4.90 Å². The molecule has 3 heteroatoms. The van der Waals surface area contributed by atoms with Crippen LogP contribution in [0.4, 0.5) is 0 Å². The summed E-state index contributed by atoms with van der Waals surface area (Å²) in [6, 6.07) is 0. The number of nitrogens with one attached hydrogen (secondary N) is 1. The van der Waals surface area contributed by atoms with Crippen LogP contribution < -0.4 is 5.32 Å². The van der Waals surface area contributed by atoms with E-state index < -0.39 is 0 Å². The van der Waals surface area contributed by atoms with Gasteiger partial charge < -0.3 is 10.1 Å². The fourth-order valence-electron chi connectivity index (χ4n) is 2.22. The molecule has 1 aliphatic rings. The van der Waals surface area contributed by atoms with Gasteiger partial charge in [-0.25, -0.2) is 0 Å². The lowest BCUT2D eigenvalue weighted by Crippen LogP contribution is -2.42. The van der Waals surface area contributed by atoms with Crippen LogP contribution in [-0.2, 0) is 4.74 Å². The molecule has 0 bridgehead atoms. The predicted octanol–water partition coefficient (Wildman–Crippen LogP) is 1.88. The quantitative estimate of drug-likeness (QED) is 0.642. The van der Waals surface area contributed by atoms with Crippen molar-refractivity contribution in [2.24, 2.45) is 0 Å². The van der Waals surface area contributed by atoms with Crippen LogP contribution in [0.5, 0.6) is 0 Å². The van der Waals surface area contributed by atoms with E-state index in [0.29, 0.717) is 6.10 Å². The number of rotatable bonds is 8. The van der Waals surface area contributed by atoms with Crippen molar-refractivity contribution in [2.45, 2.75) is 45.1 Å². The molecule has 3 nitrogen and oxygen atoms in total. The minimum Gasteiger partial charge on any atom is -0.376 e. The first-order valence-electron chi connectivity index (χ1n) is 6.85. The van der Waals surface area contributed by atoms with E-state index >= 15 is 0 Å². The SMILES string of the molecule is CCC1CN(CCCCCCNC)CCO1. The maximum atomic E-state index is 5.67. The van der Waals surface area contributed by atoms with Crippen LogP contribution in [0.2, 0.25) is 0 Å². The monoisotopic (exact) mass is 228 g/mol. The minimum absolute atomic E-state index is 0.484. The van der Waals surface area contributed by atoms with Gasteiger partial charge in [-0.2, -0.15) is 0 Å². The van der Waals surface area contributed by atoms with Gasteiger partial charge in [0.15, 0.2) is 0 Å². The zero-order chi connectivity index (χ0) is 11.6. The second kappa shape index (κ2) is 8.97. The maximum Gasteiger partial charge on any atom is 0.0700 e. The molecule has 0 radical (unpaired) electrons. The molecule has 1 unspecified atom stereocenters. The Morgan fingerprint density at radius 1 is 1.25 bits per heavy atom. The number of ether oxygens (including phenoxy) is 1. The van der Waals surface area contributed by atoms with E-state index in [4.69, 9.17) is 4.74 Å². The van der Waals surface area contributed by atoms with Crippen molar-refractivity contribution in [3.8, 4) is 0 Å². The molecule has 0 amide bonds. The third kappa shape index (κ3) is 5.83. The zero-order valence-corrected chi connectivity index (χ0v) is 11.0. The Balaban J connectivity index is 1.95. The second-order valence-corrected chi connectivity index (χ2v) is 4.72. The molecule has 0 aromatic carbocycles. The normalized spacial score (nSPS) is 22.5. The number of hydrogen-bond donors (Lipinski definition) is 1. The van der Waals surface area contributed by atoms with Crippen LogP contribution in [0.25, 0.3) is 0 Å². The first-order valence-corrected chi connectivity index (χ1v) is 6.85. The summed E-state index contributed by atoms with van der Waals surface area (Å²) in [5.74, 6) is 0. The molecule has 1 heterocycles. The minimum atomic E-state index is 0.484. The molecule has 16 heavy (non-hydrogen) atoms. The van der Waals surface area contributed by atoms with Crippen LogP contribution in [-0.4, -0.2) is 50.8 Å². The van der Waals surface area contributed by atoms with Crippen LogP contribution in [0.3, 0.4) is 0 Å². The predicted molar refractivity (Wildman–Crippen MR) is 68.9 cm³/mol. The summed E-state index contributed by atoms with van der Waals surface area (Å²) in [6.45, 7) is 7.85. The lowest BCUT2D eigenvalue weighted by Gasteiger charge is -2.32. The van der Waals surface area contributed by atoms with Crippen LogP contribution in [0, 0.1) is 0 Å².